The minimum atomic E-state index is -0.356. The lowest BCUT2D eigenvalue weighted by atomic mass is 10.2. The number of nitrogens with zero attached hydrogens (tertiary/aromatic N) is 2. The lowest BCUT2D eigenvalue weighted by Crippen LogP contribution is -2.14. The topological polar surface area (TPSA) is 85.4 Å². The van der Waals surface area contributed by atoms with E-state index in [4.69, 9.17) is 21.1 Å². The third-order valence-corrected chi connectivity index (χ3v) is 3.87. The third kappa shape index (κ3) is 3.52. The summed E-state index contributed by atoms with van der Waals surface area (Å²) in [6.07, 6.45) is 1.51. The molecule has 0 saturated carbocycles. The van der Waals surface area contributed by atoms with Gasteiger partial charge in [0.25, 0.3) is 5.91 Å². The van der Waals surface area contributed by atoms with Gasteiger partial charge in [-0.15, -0.1) is 0 Å². The fourth-order valence-electron chi connectivity index (χ4n) is 2.38. The Labute approximate surface area is 154 Å². The molecule has 0 saturated heterocycles. The fourth-order valence-corrected chi connectivity index (χ4v) is 2.50. The Morgan fingerprint density at radius 2 is 1.77 bits per heavy atom. The number of amides is 1. The van der Waals surface area contributed by atoms with Gasteiger partial charge in [-0.1, -0.05) is 11.6 Å². The highest BCUT2D eigenvalue weighted by Crippen LogP contribution is 2.34. The van der Waals surface area contributed by atoms with Gasteiger partial charge >= 0.3 is 0 Å². The van der Waals surface area contributed by atoms with Crippen LogP contribution in [0.1, 0.15) is 10.5 Å². The molecule has 2 heterocycles. The number of anilines is 3. The second-order valence-electron chi connectivity index (χ2n) is 5.42. The van der Waals surface area contributed by atoms with Gasteiger partial charge < -0.3 is 20.1 Å². The van der Waals surface area contributed by atoms with Crippen LogP contribution in [0.5, 0.6) is 11.5 Å². The molecular formula is C18H13ClN4O3. The van der Waals surface area contributed by atoms with Crippen LogP contribution in [-0.2, 0) is 0 Å². The second kappa shape index (κ2) is 6.89. The molecule has 1 aromatic heterocycles. The average Bonchev–Trinajstić information content (AvgIpc) is 3.12. The summed E-state index contributed by atoms with van der Waals surface area (Å²) in [6, 6.07) is 13.8. The van der Waals surface area contributed by atoms with Crippen molar-refractivity contribution < 1.29 is 14.3 Å². The first-order chi connectivity index (χ1) is 12.7. The van der Waals surface area contributed by atoms with Crippen LogP contribution in [0.4, 0.5) is 17.3 Å². The van der Waals surface area contributed by atoms with E-state index in [1.54, 1.807) is 42.5 Å². The maximum absolute atomic E-state index is 12.4. The first-order valence-corrected chi connectivity index (χ1v) is 8.12. The highest BCUT2D eigenvalue weighted by molar-refractivity contribution is 6.30. The molecule has 26 heavy (non-hydrogen) atoms. The van der Waals surface area contributed by atoms with Crippen molar-refractivity contribution >= 4 is 34.8 Å². The molecule has 0 unspecified atom stereocenters. The maximum Gasteiger partial charge on any atom is 0.274 e. The van der Waals surface area contributed by atoms with Gasteiger partial charge in [-0.05, 0) is 42.5 Å². The van der Waals surface area contributed by atoms with E-state index in [1.807, 2.05) is 0 Å². The highest BCUT2D eigenvalue weighted by Gasteiger charge is 2.15. The minimum Gasteiger partial charge on any atom is -0.454 e. The first kappa shape index (κ1) is 16.2. The number of aromatic nitrogens is 2. The Kier molecular flexibility index (Phi) is 4.28. The highest BCUT2D eigenvalue weighted by atomic mass is 35.5. The summed E-state index contributed by atoms with van der Waals surface area (Å²) in [5.74, 6) is 1.20. The van der Waals surface area contributed by atoms with E-state index in [0.717, 1.165) is 5.69 Å². The zero-order chi connectivity index (χ0) is 17.9. The number of hydrogen-bond acceptors (Lipinski definition) is 6. The summed E-state index contributed by atoms with van der Waals surface area (Å²) in [6.45, 7) is 0.179. The van der Waals surface area contributed by atoms with E-state index < -0.39 is 0 Å². The summed E-state index contributed by atoms with van der Waals surface area (Å²) in [4.78, 5) is 20.8. The van der Waals surface area contributed by atoms with Crippen molar-refractivity contribution in [2.75, 3.05) is 17.4 Å². The number of nitrogens with one attached hydrogen (secondary N) is 2. The van der Waals surface area contributed by atoms with Gasteiger partial charge in [-0.3, -0.25) is 4.79 Å². The molecule has 0 atom stereocenters. The van der Waals surface area contributed by atoms with E-state index in [2.05, 4.69) is 20.6 Å². The Balaban J connectivity index is 1.48. The Hall–Kier alpha value is -3.32. The SMILES string of the molecule is O=C(Nc1ccc2c(c1)OCO2)c1ccnc(Nc2ccc(Cl)cc2)n1. The smallest absolute Gasteiger partial charge is 0.274 e. The molecule has 0 bridgehead atoms. The molecule has 0 spiro atoms. The summed E-state index contributed by atoms with van der Waals surface area (Å²) >= 11 is 5.86. The van der Waals surface area contributed by atoms with Gasteiger partial charge in [-0.2, -0.15) is 0 Å². The molecule has 1 amide bonds. The lowest BCUT2D eigenvalue weighted by molar-refractivity contribution is 0.102. The Morgan fingerprint density at radius 1 is 1.00 bits per heavy atom. The molecule has 1 aliphatic rings. The number of carbonyl (C=O) groups excluding carboxylic acids is 1. The molecule has 2 aromatic carbocycles. The predicted molar refractivity (Wildman–Crippen MR) is 97.3 cm³/mol. The van der Waals surface area contributed by atoms with Gasteiger partial charge in [0.2, 0.25) is 12.7 Å². The quantitative estimate of drug-likeness (QED) is 0.727. The number of fused-ring (bicyclic) bond motifs is 1. The Morgan fingerprint density at radius 3 is 2.62 bits per heavy atom. The standard InChI is InChI=1S/C18H13ClN4O3/c19-11-1-3-12(4-2-11)22-18-20-8-7-14(23-18)17(24)21-13-5-6-15-16(9-13)26-10-25-15/h1-9H,10H2,(H,21,24)(H,20,22,23). The largest absolute Gasteiger partial charge is 0.454 e. The van der Waals surface area contributed by atoms with E-state index in [1.165, 1.54) is 12.3 Å². The van der Waals surface area contributed by atoms with Crippen LogP contribution >= 0.6 is 11.6 Å². The molecule has 0 radical (unpaired) electrons. The van der Waals surface area contributed by atoms with E-state index in [9.17, 15) is 4.79 Å². The van der Waals surface area contributed by atoms with Crippen molar-refractivity contribution in [2.24, 2.45) is 0 Å². The molecule has 0 aliphatic carbocycles. The van der Waals surface area contributed by atoms with Gasteiger partial charge in [0.1, 0.15) is 5.69 Å². The molecule has 0 fully saturated rings. The number of ether oxygens (including phenoxy) is 2. The zero-order valence-electron chi connectivity index (χ0n) is 13.4. The molecule has 3 aromatic rings. The van der Waals surface area contributed by atoms with Crippen molar-refractivity contribution in [2.45, 2.75) is 0 Å². The van der Waals surface area contributed by atoms with Crippen molar-refractivity contribution in [1.29, 1.82) is 0 Å². The zero-order valence-corrected chi connectivity index (χ0v) is 14.2. The van der Waals surface area contributed by atoms with E-state index >= 15 is 0 Å². The molecular weight excluding hydrogens is 356 g/mol. The molecule has 130 valence electrons. The van der Waals surface area contributed by atoms with Crippen LogP contribution in [0.25, 0.3) is 0 Å². The van der Waals surface area contributed by atoms with E-state index in [-0.39, 0.29) is 18.4 Å². The number of benzene rings is 2. The normalized spacial score (nSPS) is 11.9. The van der Waals surface area contributed by atoms with Gasteiger partial charge in [0, 0.05) is 28.7 Å². The van der Waals surface area contributed by atoms with Crippen molar-refractivity contribution in [1.82, 2.24) is 9.97 Å². The molecule has 4 rings (SSSR count). The van der Waals surface area contributed by atoms with Gasteiger partial charge in [0.15, 0.2) is 11.5 Å². The molecule has 8 heteroatoms. The van der Waals surface area contributed by atoms with E-state index in [0.29, 0.717) is 28.2 Å². The van der Waals surface area contributed by atoms with Crippen molar-refractivity contribution in [3.8, 4) is 11.5 Å². The number of halogens is 1. The first-order valence-electron chi connectivity index (χ1n) is 7.74. The predicted octanol–water partition coefficient (Wildman–Crippen LogP) is 3.85. The monoisotopic (exact) mass is 368 g/mol. The second-order valence-corrected chi connectivity index (χ2v) is 5.86. The summed E-state index contributed by atoms with van der Waals surface area (Å²) < 4.78 is 10.6. The van der Waals surface area contributed by atoms with Crippen LogP contribution < -0.4 is 20.1 Å². The summed E-state index contributed by atoms with van der Waals surface area (Å²) in [5.41, 5.74) is 1.59. The van der Waals surface area contributed by atoms with Gasteiger partial charge in [-0.25, -0.2) is 9.97 Å². The average molecular weight is 369 g/mol. The van der Waals surface area contributed by atoms with Crippen LogP contribution in [0, 0.1) is 0 Å². The molecule has 1 aliphatic heterocycles. The summed E-state index contributed by atoms with van der Waals surface area (Å²) in [5, 5.41) is 6.44. The lowest BCUT2D eigenvalue weighted by Gasteiger charge is -2.08. The molecule has 7 nitrogen and oxygen atoms in total. The van der Waals surface area contributed by atoms with Crippen molar-refractivity contribution in [3.05, 3.63) is 65.4 Å². The third-order valence-electron chi connectivity index (χ3n) is 3.62. The molecule has 2 N–H and O–H groups in total. The maximum atomic E-state index is 12.4. The van der Waals surface area contributed by atoms with Gasteiger partial charge in [0.05, 0.1) is 0 Å². The fraction of sp³-hybridized carbons (Fsp3) is 0.0556. The number of carbonyl (C=O) groups is 1. The number of hydrogen-bond donors (Lipinski definition) is 2. The van der Waals surface area contributed by atoms with Crippen LogP contribution in [0.3, 0.4) is 0 Å². The number of rotatable bonds is 4. The summed E-state index contributed by atoms with van der Waals surface area (Å²) in [7, 11) is 0. The van der Waals surface area contributed by atoms with Crippen molar-refractivity contribution in [3.63, 3.8) is 0 Å². The van der Waals surface area contributed by atoms with Crippen LogP contribution in [0.2, 0.25) is 5.02 Å². The van der Waals surface area contributed by atoms with Crippen LogP contribution in [-0.4, -0.2) is 22.7 Å². The van der Waals surface area contributed by atoms with Crippen LogP contribution in [0.15, 0.2) is 54.7 Å². The Bertz CT molecular complexity index is 963. The minimum absolute atomic E-state index is 0.179.